The van der Waals surface area contributed by atoms with Crippen LogP contribution in [0.4, 0.5) is 10.1 Å². The highest BCUT2D eigenvalue weighted by Crippen LogP contribution is 2.23. The number of nitrogens with zero attached hydrogens (tertiary/aromatic N) is 1. The summed E-state index contributed by atoms with van der Waals surface area (Å²) in [5.74, 6) is -1.29. The predicted molar refractivity (Wildman–Crippen MR) is 128 cm³/mol. The Morgan fingerprint density at radius 3 is 2.55 bits per heavy atom. The van der Waals surface area contributed by atoms with E-state index >= 15 is 0 Å². The molecule has 4 aromatic rings. The highest BCUT2D eigenvalue weighted by Gasteiger charge is 2.17. The summed E-state index contributed by atoms with van der Waals surface area (Å²) in [6, 6.07) is 21.4. The summed E-state index contributed by atoms with van der Waals surface area (Å²) in [6.07, 6.45) is 1.76. The SMILES string of the molecule is Cc1c(F)cc(C(=O)NC(C)c2ccccc2)cc1NC(=O)Cc1cccc2cccnc12. The lowest BCUT2D eigenvalue weighted by atomic mass is 10.0. The largest absolute Gasteiger partial charge is 0.346 e. The summed E-state index contributed by atoms with van der Waals surface area (Å²) in [6.45, 7) is 3.43. The molecule has 1 aromatic heterocycles. The molecule has 166 valence electrons. The average Bonchev–Trinajstić information content (AvgIpc) is 2.82. The van der Waals surface area contributed by atoms with E-state index in [0.29, 0.717) is 0 Å². The fraction of sp³-hybridized carbons (Fsp3) is 0.148. The van der Waals surface area contributed by atoms with E-state index in [1.807, 2.05) is 67.6 Å². The highest BCUT2D eigenvalue weighted by atomic mass is 19.1. The Hall–Kier alpha value is -4.06. The minimum atomic E-state index is -0.558. The molecule has 0 saturated carbocycles. The number of nitrogens with one attached hydrogen (secondary N) is 2. The molecular weight excluding hydrogens is 417 g/mol. The van der Waals surface area contributed by atoms with Crippen LogP contribution < -0.4 is 10.6 Å². The van der Waals surface area contributed by atoms with E-state index in [-0.39, 0.29) is 35.2 Å². The Morgan fingerprint density at radius 2 is 1.76 bits per heavy atom. The number of rotatable bonds is 6. The quantitative estimate of drug-likeness (QED) is 0.423. The number of hydrogen-bond donors (Lipinski definition) is 2. The monoisotopic (exact) mass is 441 g/mol. The fourth-order valence-electron chi connectivity index (χ4n) is 3.72. The van der Waals surface area contributed by atoms with E-state index in [4.69, 9.17) is 0 Å². The van der Waals surface area contributed by atoms with Gasteiger partial charge in [0, 0.05) is 28.4 Å². The number of carbonyl (C=O) groups is 2. The zero-order valence-electron chi connectivity index (χ0n) is 18.4. The first-order chi connectivity index (χ1) is 15.9. The normalized spacial score (nSPS) is 11.7. The summed E-state index contributed by atoms with van der Waals surface area (Å²) in [7, 11) is 0. The van der Waals surface area contributed by atoms with Gasteiger partial charge < -0.3 is 10.6 Å². The molecule has 0 radical (unpaired) electrons. The molecule has 1 heterocycles. The third-order valence-electron chi connectivity index (χ3n) is 5.60. The topological polar surface area (TPSA) is 71.1 Å². The van der Waals surface area contributed by atoms with E-state index in [2.05, 4.69) is 15.6 Å². The second-order valence-corrected chi connectivity index (χ2v) is 7.95. The Kier molecular flexibility index (Phi) is 6.45. The van der Waals surface area contributed by atoms with Crippen LogP contribution in [0.2, 0.25) is 0 Å². The van der Waals surface area contributed by atoms with E-state index < -0.39 is 11.7 Å². The lowest BCUT2D eigenvalue weighted by Crippen LogP contribution is -2.27. The molecule has 0 spiro atoms. The molecule has 1 unspecified atom stereocenters. The van der Waals surface area contributed by atoms with Gasteiger partial charge in [-0.1, -0.05) is 54.6 Å². The number of anilines is 1. The van der Waals surface area contributed by atoms with E-state index in [0.717, 1.165) is 22.0 Å². The maximum absolute atomic E-state index is 14.6. The van der Waals surface area contributed by atoms with Crippen LogP contribution in [0.3, 0.4) is 0 Å². The molecule has 2 amide bonds. The van der Waals surface area contributed by atoms with Crippen molar-refractivity contribution in [1.82, 2.24) is 10.3 Å². The van der Waals surface area contributed by atoms with Crippen LogP contribution in [0, 0.1) is 12.7 Å². The Bertz CT molecular complexity index is 1320. The predicted octanol–water partition coefficient (Wildman–Crippen LogP) is 5.35. The maximum atomic E-state index is 14.6. The van der Waals surface area contributed by atoms with Crippen molar-refractivity contribution in [2.24, 2.45) is 0 Å². The van der Waals surface area contributed by atoms with Gasteiger partial charge in [0.25, 0.3) is 5.91 Å². The van der Waals surface area contributed by atoms with Gasteiger partial charge in [-0.3, -0.25) is 14.6 Å². The number of benzene rings is 3. The second kappa shape index (κ2) is 9.61. The minimum absolute atomic E-state index is 0.0802. The number of hydrogen-bond acceptors (Lipinski definition) is 3. The van der Waals surface area contributed by atoms with Crippen molar-refractivity contribution in [3.8, 4) is 0 Å². The van der Waals surface area contributed by atoms with Crippen LogP contribution >= 0.6 is 0 Å². The van der Waals surface area contributed by atoms with Crippen molar-refractivity contribution in [2.75, 3.05) is 5.32 Å². The molecule has 0 fully saturated rings. The van der Waals surface area contributed by atoms with Crippen molar-refractivity contribution < 1.29 is 14.0 Å². The van der Waals surface area contributed by atoms with Crippen LogP contribution in [0.1, 0.15) is 40.0 Å². The fourth-order valence-corrected chi connectivity index (χ4v) is 3.72. The smallest absolute Gasteiger partial charge is 0.251 e. The van der Waals surface area contributed by atoms with Crippen LogP contribution in [0.25, 0.3) is 10.9 Å². The van der Waals surface area contributed by atoms with Gasteiger partial charge in [0.05, 0.1) is 18.0 Å². The third-order valence-corrected chi connectivity index (χ3v) is 5.60. The van der Waals surface area contributed by atoms with Gasteiger partial charge in [0.2, 0.25) is 5.91 Å². The van der Waals surface area contributed by atoms with Gasteiger partial charge in [0.15, 0.2) is 0 Å². The van der Waals surface area contributed by atoms with Gasteiger partial charge in [-0.15, -0.1) is 0 Å². The minimum Gasteiger partial charge on any atom is -0.346 e. The van der Waals surface area contributed by atoms with E-state index in [1.54, 1.807) is 13.1 Å². The van der Waals surface area contributed by atoms with Crippen molar-refractivity contribution >= 4 is 28.4 Å². The third kappa shape index (κ3) is 5.06. The molecule has 0 aliphatic rings. The summed E-state index contributed by atoms with van der Waals surface area (Å²) < 4.78 is 14.6. The van der Waals surface area contributed by atoms with Crippen molar-refractivity contribution in [3.05, 3.63) is 107 Å². The molecule has 6 heteroatoms. The molecule has 0 aliphatic carbocycles. The number of carbonyl (C=O) groups excluding carboxylic acids is 2. The van der Waals surface area contributed by atoms with Crippen LogP contribution in [0.5, 0.6) is 0 Å². The number of aromatic nitrogens is 1. The van der Waals surface area contributed by atoms with Crippen LogP contribution in [0.15, 0.2) is 79.0 Å². The van der Waals surface area contributed by atoms with E-state index in [1.165, 1.54) is 12.1 Å². The molecule has 0 saturated heterocycles. The molecule has 2 N–H and O–H groups in total. The van der Waals surface area contributed by atoms with Gasteiger partial charge in [-0.2, -0.15) is 0 Å². The van der Waals surface area contributed by atoms with Crippen LogP contribution in [-0.4, -0.2) is 16.8 Å². The standard InChI is InChI=1S/C27H24FN3O2/c1-17-23(28)14-22(27(33)30-18(2)19-8-4-3-5-9-19)15-24(17)31-25(32)16-21-11-6-10-20-12-7-13-29-26(20)21/h3-15,18H,16H2,1-2H3,(H,30,33)(H,31,32). The van der Waals surface area contributed by atoms with Crippen molar-refractivity contribution in [3.63, 3.8) is 0 Å². The first kappa shape index (κ1) is 22.1. The first-order valence-electron chi connectivity index (χ1n) is 10.7. The number of fused-ring (bicyclic) bond motifs is 1. The highest BCUT2D eigenvalue weighted by molar-refractivity contribution is 5.99. The second-order valence-electron chi connectivity index (χ2n) is 7.95. The lowest BCUT2D eigenvalue weighted by molar-refractivity contribution is -0.115. The summed E-state index contributed by atoms with van der Waals surface area (Å²) in [5.41, 5.74) is 3.15. The van der Waals surface area contributed by atoms with Gasteiger partial charge >= 0.3 is 0 Å². The Balaban J connectivity index is 1.52. The number of para-hydroxylation sites is 1. The average molecular weight is 442 g/mol. The molecule has 0 bridgehead atoms. The van der Waals surface area contributed by atoms with E-state index in [9.17, 15) is 14.0 Å². The molecule has 4 rings (SSSR count). The lowest BCUT2D eigenvalue weighted by Gasteiger charge is -2.16. The Labute approximate surface area is 191 Å². The molecular formula is C27H24FN3O2. The maximum Gasteiger partial charge on any atom is 0.251 e. The van der Waals surface area contributed by atoms with Crippen LogP contribution in [-0.2, 0) is 11.2 Å². The van der Waals surface area contributed by atoms with Gasteiger partial charge in [-0.25, -0.2) is 4.39 Å². The summed E-state index contributed by atoms with van der Waals surface area (Å²) in [5, 5.41) is 6.57. The van der Waals surface area contributed by atoms with Gasteiger partial charge in [0.1, 0.15) is 5.82 Å². The molecule has 5 nitrogen and oxygen atoms in total. The molecule has 33 heavy (non-hydrogen) atoms. The summed E-state index contributed by atoms with van der Waals surface area (Å²) in [4.78, 5) is 29.9. The zero-order chi connectivity index (χ0) is 23.4. The first-order valence-corrected chi connectivity index (χ1v) is 10.7. The van der Waals surface area contributed by atoms with Gasteiger partial charge in [-0.05, 0) is 43.2 Å². The Morgan fingerprint density at radius 1 is 1.00 bits per heavy atom. The number of pyridine rings is 1. The zero-order valence-corrected chi connectivity index (χ0v) is 18.4. The molecule has 0 aliphatic heterocycles. The van der Waals surface area contributed by atoms with Crippen molar-refractivity contribution in [1.29, 1.82) is 0 Å². The van der Waals surface area contributed by atoms with Crippen molar-refractivity contribution in [2.45, 2.75) is 26.3 Å². The number of amides is 2. The summed E-state index contributed by atoms with van der Waals surface area (Å²) >= 11 is 0. The molecule has 1 atom stereocenters. The number of halogens is 1. The molecule has 3 aromatic carbocycles.